The molecule has 0 saturated heterocycles. The monoisotopic (exact) mass is 238 g/mol. The van der Waals surface area contributed by atoms with Crippen molar-refractivity contribution >= 4 is 0 Å². The summed E-state index contributed by atoms with van der Waals surface area (Å²) in [4.78, 5) is 3.97. The summed E-state index contributed by atoms with van der Waals surface area (Å²) >= 11 is 0. The maximum Gasteiger partial charge on any atom is 0.0898 e. The van der Waals surface area contributed by atoms with Gasteiger partial charge in [0, 0.05) is 25.0 Å². The molecule has 0 aliphatic rings. The predicted molar refractivity (Wildman–Crippen MR) is 67.7 cm³/mol. The van der Waals surface area contributed by atoms with Crippen LogP contribution in [0.3, 0.4) is 0 Å². The Labute approximate surface area is 103 Å². The van der Waals surface area contributed by atoms with Crippen LogP contribution in [0.15, 0.2) is 24.5 Å². The Morgan fingerprint density at radius 1 is 1.29 bits per heavy atom. The van der Waals surface area contributed by atoms with Crippen molar-refractivity contribution in [2.24, 2.45) is 0 Å². The van der Waals surface area contributed by atoms with Gasteiger partial charge in [0.1, 0.15) is 0 Å². The number of nitrogens with one attached hydrogen (secondary N) is 1. The molecule has 1 aromatic heterocycles. The van der Waals surface area contributed by atoms with Gasteiger partial charge in [-0.3, -0.25) is 4.98 Å². The van der Waals surface area contributed by atoms with Crippen molar-refractivity contribution in [3.05, 3.63) is 30.1 Å². The fourth-order valence-electron chi connectivity index (χ4n) is 1.45. The van der Waals surface area contributed by atoms with Gasteiger partial charge in [0.05, 0.1) is 18.8 Å². The molecule has 2 unspecified atom stereocenters. The summed E-state index contributed by atoms with van der Waals surface area (Å²) in [6.45, 7) is 6.87. The number of hydrogen-bond acceptors (Lipinski definition) is 4. The van der Waals surface area contributed by atoms with Gasteiger partial charge in [-0.15, -0.1) is 0 Å². The van der Waals surface area contributed by atoms with Crippen molar-refractivity contribution in [3.63, 3.8) is 0 Å². The zero-order valence-corrected chi connectivity index (χ0v) is 10.8. The Morgan fingerprint density at radius 2 is 1.94 bits per heavy atom. The van der Waals surface area contributed by atoms with Gasteiger partial charge in [-0.05, 0) is 38.5 Å². The number of hydrogen-bond donors (Lipinski definition) is 2. The predicted octanol–water partition coefficient (Wildman–Crippen LogP) is 1.52. The summed E-state index contributed by atoms with van der Waals surface area (Å²) < 4.78 is 5.34. The summed E-state index contributed by atoms with van der Waals surface area (Å²) in [5, 5.41) is 13.0. The first-order valence-corrected chi connectivity index (χ1v) is 6.02. The zero-order valence-electron chi connectivity index (χ0n) is 10.8. The average Bonchev–Trinajstić information content (AvgIpc) is 2.34. The maximum atomic E-state index is 9.69. The highest BCUT2D eigenvalue weighted by atomic mass is 16.5. The highest BCUT2D eigenvalue weighted by molar-refractivity contribution is 5.13. The van der Waals surface area contributed by atoms with Crippen LogP contribution >= 0.6 is 0 Å². The van der Waals surface area contributed by atoms with Crippen molar-refractivity contribution in [1.82, 2.24) is 10.3 Å². The third-order valence-corrected chi connectivity index (χ3v) is 2.49. The maximum absolute atomic E-state index is 9.69. The molecular formula is C13H22N2O2. The molecule has 2 atom stereocenters. The topological polar surface area (TPSA) is 54.4 Å². The third-order valence-electron chi connectivity index (χ3n) is 2.49. The molecule has 4 heteroatoms. The van der Waals surface area contributed by atoms with Crippen LogP contribution < -0.4 is 5.32 Å². The van der Waals surface area contributed by atoms with E-state index >= 15 is 0 Å². The Balaban J connectivity index is 2.26. The third kappa shape index (κ3) is 5.77. The number of ether oxygens (including phenoxy) is 1. The number of aromatic nitrogens is 1. The fraction of sp³-hybridized carbons (Fsp3) is 0.615. The Morgan fingerprint density at radius 3 is 2.53 bits per heavy atom. The smallest absolute Gasteiger partial charge is 0.0898 e. The second kappa shape index (κ2) is 7.37. The molecule has 0 spiro atoms. The summed E-state index contributed by atoms with van der Waals surface area (Å²) in [6, 6.07) is 4.13. The lowest BCUT2D eigenvalue weighted by Crippen LogP contribution is -2.32. The largest absolute Gasteiger partial charge is 0.389 e. The normalized spacial score (nSPS) is 14.9. The van der Waals surface area contributed by atoms with Crippen LogP contribution in [0.5, 0.6) is 0 Å². The first-order valence-electron chi connectivity index (χ1n) is 6.02. The van der Waals surface area contributed by atoms with E-state index in [1.54, 1.807) is 12.4 Å². The Kier molecular flexibility index (Phi) is 6.11. The summed E-state index contributed by atoms with van der Waals surface area (Å²) in [6.07, 6.45) is 3.22. The highest BCUT2D eigenvalue weighted by Crippen LogP contribution is 2.09. The van der Waals surface area contributed by atoms with Gasteiger partial charge in [-0.2, -0.15) is 0 Å². The summed E-state index contributed by atoms with van der Waals surface area (Å²) in [5.41, 5.74) is 1.16. The number of nitrogens with zero attached hydrogens (tertiary/aromatic N) is 1. The molecule has 2 N–H and O–H groups in total. The van der Waals surface area contributed by atoms with Gasteiger partial charge < -0.3 is 15.2 Å². The average molecular weight is 238 g/mol. The molecular weight excluding hydrogens is 216 g/mol. The minimum atomic E-state index is -0.471. The zero-order chi connectivity index (χ0) is 12.7. The molecule has 0 amide bonds. The van der Waals surface area contributed by atoms with Gasteiger partial charge >= 0.3 is 0 Å². The molecule has 0 aliphatic carbocycles. The van der Waals surface area contributed by atoms with Crippen molar-refractivity contribution in [3.8, 4) is 0 Å². The molecule has 1 aromatic rings. The van der Waals surface area contributed by atoms with E-state index in [2.05, 4.69) is 17.2 Å². The summed E-state index contributed by atoms with van der Waals surface area (Å²) in [5.74, 6) is 0. The lowest BCUT2D eigenvalue weighted by Gasteiger charge is -2.18. The Hall–Kier alpha value is -0.970. The molecule has 0 aliphatic heterocycles. The van der Waals surface area contributed by atoms with E-state index in [9.17, 15) is 5.11 Å². The summed E-state index contributed by atoms with van der Waals surface area (Å²) in [7, 11) is 0. The second-order valence-corrected chi connectivity index (χ2v) is 4.45. The van der Waals surface area contributed by atoms with E-state index in [0.717, 1.165) is 5.56 Å². The van der Waals surface area contributed by atoms with E-state index in [1.807, 2.05) is 26.0 Å². The van der Waals surface area contributed by atoms with Crippen LogP contribution in [0.2, 0.25) is 0 Å². The second-order valence-electron chi connectivity index (χ2n) is 4.45. The lowest BCUT2D eigenvalue weighted by molar-refractivity contribution is 0.00560. The van der Waals surface area contributed by atoms with Crippen LogP contribution in [-0.4, -0.2) is 35.5 Å². The highest BCUT2D eigenvalue weighted by Gasteiger charge is 2.09. The SMILES string of the molecule is CC(C)OCC(O)CNC(C)c1ccncc1. The number of aliphatic hydroxyl groups excluding tert-OH is 1. The van der Waals surface area contributed by atoms with Crippen molar-refractivity contribution in [2.75, 3.05) is 13.2 Å². The minimum Gasteiger partial charge on any atom is -0.389 e. The fourth-order valence-corrected chi connectivity index (χ4v) is 1.45. The van der Waals surface area contributed by atoms with Gasteiger partial charge in [0.15, 0.2) is 0 Å². The van der Waals surface area contributed by atoms with Crippen LogP contribution in [0, 0.1) is 0 Å². The van der Waals surface area contributed by atoms with Crippen molar-refractivity contribution in [2.45, 2.75) is 39.0 Å². The van der Waals surface area contributed by atoms with Crippen LogP contribution in [0.4, 0.5) is 0 Å². The molecule has 96 valence electrons. The molecule has 0 radical (unpaired) electrons. The lowest BCUT2D eigenvalue weighted by atomic mass is 10.1. The molecule has 0 saturated carbocycles. The molecule has 1 rings (SSSR count). The Bertz CT molecular complexity index is 304. The van der Waals surface area contributed by atoms with E-state index in [-0.39, 0.29) is 12.1 Å². The van der Waals surface area contributed by atoms with Gasteiger partial charge in [0.25, 0.3) is 0 Å². The van der Waals surface area contributed by atoms with Crippen molar-refractivity contribution < 1.29 is 9.84 Å². The van der Waals surface area contributed by atoms with E-state index in [0.29, 0.717) is 13.2 Å². The standard InChI is InChI=1S/C13H22N2O2/c1-10(2)17-9-13(16)8-15-11(3)12-4-6-14-7-5-12/h4-7,10-11,13,15-16H,8-9H2,1-3H3. The molecule has 1 heterocycles. The first-order chi connectivity index (χ1) is 8.09. The van der Waals surface area contributed by atoms with E-state index in [4.69, 9.17) is 4.74 Å². The van der Waals surface area contributed by atoms with E-state index < -0.39 is 6.10 Å². The molecule has 0 fully saturated rings. The molecule has 0 bridgehead atoms. The number of pyridine rings is 1. The number of aliphatic hydroxyl groups is 1. The van der Waals surface area contributed by atoms with Crippen LogP contribution in [0.1, 0.15) is 32.4 Å². The minimum absolute atomic E-state index is 0.155. The van der Waals surface area contributed by atoms with Gasteiger partial charge in [-0.1, -0.05) is 0 Å². The van der Waals surface area contributed by atoms with Gasteiger partial charge in [0.2, 0.25) is 0 Å². The molecule has 0 aromatic carbocycles. The molecule has 17 heavy (non-hydrogen) atoms. The van der Waals surface area contributed by atoms with Crippen LogP contribution in [-0.2, 0) is 4.74 Å². The number of rotatable bonds is 7. The molecule has 4 nitrogen and oxygen atoms in total. The first kappa shape index (κ1) is 14.1. The van der Waals surface area contributed by atoms with Gasteiger partial charge in [-0.25, -0.2) is 0 Å². The van der Waals surface area contributed by atoms with E-state index in [1.165, 1.54) is 0 Å². The van der Waals surface area contributed by atoms with Crippen molar-refractivity contribution in [1.29, 1.82) is 0 Å². The quantitative estimate of drug-likeness (QED) is 0.756. The van der Waals surface area contributed by atoms with Crippen LogP contribution in [0.25, 0.3) is 0 Å².